The molecule has 0 aliphatic heterocycles. The van der Waals surface area contributed by atoms with Crippen LogP contribution in [0.4, 0.5) is 5.82 Å². The number of anilines is 1. The molecule has 1 aliphatic rings. The molecule has 5 rings (SSSR count). The molecular formula is C22H22N6O3. The first-order valence-corrected chi connectivity index (χ1v) is 10.1. The number of aryl methyl sites for hydroxylation is 1. The van der Waals surface area contributed by atoms with Crippen LogP contribution in [0.5, 0.6) is 5.88 Å². The van der Waals surface area contributed by atoms with Crippen LogP contribution in [0.1, 0.15) is 30.3 Å². The number of pyridine rings is 2. The predicted octanol–water partition coefficient (Wildman–Crippen LogP) is 3.12. The number of amides is 1. The summed E-state index contributed by atoms with van der Waals surface area (Å²) in [6.07, 6.45) is 5.42. The average Bonchev–Trinajstić information content (AvgIpc) is 3.47. The number of aromatic nitrogens is 4. The summed E-state index contributed by atoms with van der Waals surface area (Å²) in [5.41, 5.74) is 9.38. The van der Waals surface area contributed by atoms with Gasteiger partial charge < -0.3 is 20.3 Å². The van der Waals surface area contributed by atoms with Crippen LogP contribution in [0.25, 0.3) is 16.6 Å². The number of nitrogens with one attached hydrogen (secondary N) is 1. The molecule has 1 atom stereocenters. The summed E-state index contributed by atoms with van der Waals surface area (Å²) in [5, 5.41) is 11.3. The van der Waals surface area contributed by atoms with Crippen molar-refractivity contribution in [2.75, 3.05) is 11.9 Å². The first-order chi connectivity index (χ1) is 15.1. The lowest BCUT2D eigenvalue weighted by Crippen LogP contribution is -2.20. The molecule has 0 bridgehead atoms. The highest BCUT2D eigenvalue weighted by atomic mass is 16.5. The number of rotatable bonds is 7. The summed E-state index contributed by atoms with van der Waals surface area (Å²) < 4.78 is 13.0. The van der Waals surface area contributed by atoms with Crippen LogP contribution in [0.15, 0.2) is 53.3 Å². The minimum Gasteiger partial charge on any atom is -0.473 e. The lowest BCUT2D eigenvalue weighted by molar-refractivity contribution is -0.117. The van der Waals surface area contributed by atoms with Crippen LogP contribution >= 0.6 is 0 Å². The number of hydrogen-bond acceptors (Lipinski definition) is 7. The summed E-state index contributed by atoms with van der Waals surface area (Å²) in [4.78, 5) is 16.3. The normalized spacial score (nSPS) is 14.5. The number of fused-ring (bicyclic) bond motifs is 1. The van der Waals surface area contributed by atoms with Gasteiger partial charge in [0.2, 0.25) is 5.91 Å². The van der Waals surface area contributed by atoms with Crippen molar-refractivity contribution in [1.29, 1.82) is 0 Å². The number of carbonyl (C=O) groups is 1. The Morgan fingerprint density at radius 1 is 1.35 bits per heavy atom. The fourth-order valence-electron chi connectivity index (χ4n) is 3.41. The van der Waals surface area contributed by atoms with E-state index in [0.717, 1.165) is 35.2 Å². The van der Waals surface area contributed by atoms with Gasteiger partial charge >= 0.3 is 0 Å². The van der Waals surface area contributed by atoms with E-state index in [1.54, 1.807) is 10.7 Å². The van der Waals surface area contributed by atoms with E-state index in [0.29, 0.717) is 17.5 Å². The first kappa shape index (κ1) is 19.3. The van der Waals surface area contributed by atoms with Crippen LogP contribution in [0.2, 0.25) is 0 Å². The van der Waals surface area contributed by atoms with E-state index in [1.807, 2.05) is 49.5 Å². The molecule has 3 N–H and O–H groups in total. The van der Waals surface area contributed by atoms with Gasteiger partial charge in [-0.15, -0.1) is 0 Å². The molecule has 9 nitrogen and oxygen atoms in total. The molecule has 4 aromatic heterocycles. The molecule has 0 aromatic carbocycles. The van der Waals surface area contributed by atoms with Gasteiger partial charge in [0.1, 0.15) is 12.4 Å². The Morgan fingerprint density at radius 2 is 2.23 bits per heavy atom. The Hall–Kier alpha value is -3.72. The Morgan fingerprint density at radius 3 is 3.00 bits per heavy atom. The summed E-state index contributed by atoms with van der Waals surface area (Å²) in [6, 6.07) is 10.9. The van der Waals surface area contributed by atoms with Crippen molar-refractivity contribution >= 4 is 17.2 Å². The van der Waals surface area contributed by atoms with Crippen LogP contribution in [0.3, 0.4) is 0 Å². The number of ether oxygens (including phenoxy) is 1. The number of nitrogens with zero attached hydrogens (tertiary/aromatic N) is 4. The molecule has 1 amide bonds. The summed E-state index contributed by atoms with van der Waals surface area (Å²) >= 11 is 0. The van der Waals surface area contributed by atoms with Gasteiger partial charge in [-0.2, -0.15) is 5.10 Å². The van der Waals surface area contributed by atoms with Gasteiger partial charge in [-0.05, 0) is 54.8 Å². The highest BCUT2D eigenvalue weighted by molar-refractivity contribution is 5.93. The van der Waals surface area contributed by atoms with Crippen molar-refractivity contribution in [1.82, 2.24) is 19.8 Å². The van der Waals surface area contributed by atoms with Gasteiger partial charge in [0.25, 0.3) is 5.88 Å². The molecule has 1 fully saturated rings. The van der Waals surface area contributed by atoms with Crippen LogP contribution in [-0.4, -0.2) is 32.3 Å². The number of nitrogens with two attached hydrogens (primary N) is 1. The van der Waals surface area contributed by atoms with E-state index in [2.05, 4.69) is 20.6 Å². The lowest BCUT2D eigenvalue weighted by atomic mass is 10.1. The first-order valence-electron chi connectivity index (χ1n) is 10.1. The third kappa shape index (κ3) is 3.99. The van der Waals surface area contributed by atoms with Crippen molar-refractivity contribution < 1.29 is 14.1 Å². The zero-order valence-corrected chi connectivity index (χ0v) is 17.0. The van der Waals surface area contributed by atoms with Crippen molar-refractivity contribution in [2.24, 2.45) is 11.7 Å². The minimum atomic E-state index is -0.388. The topological polar surface area (TPSA) is 121 Å². The fraction of sp³-hybridized carbons (Fsp3) is 0.273. The van der Waals surface area contributed by atoms with E-state index in [-0.39, 0.29) is 24.5 Å². The number of hydrogen-bond donors (Lipinski definition) is 2. The minimum absolute atomic E-state index is 0.0263. The third-order valence-electron chi connectivity index (χ3n) is 5.25. The highest BCUT2D eigenvalue weighted by Crippen LogP contribution is 2.34. The van der Waals surface area contributed by atoms with Gasteiger partial charge in [-0.3, -0.25) is 9.78 Å². The third-order valence-corrected chi connectivity index (χ3v) is 5.25. The van der Waals surface area contributed by atoms with Crippen molar-refractivity contribution in [3.05, 3.63) is 60.2 Å². The second-order valence-corrected chi connectivity index (χ2v) is 7.67. The van der Waals surface area contributed by atoms with E-state index < -0.39 is 0 Å². The predicted molar refractivity (Wildman–Crippen MR) is 113 cm³/mol. The molecule has 9 heteroatoms. The molecule has 158 valence electrons. The van der Waals surface area contributed by atoms with E-state index in [9.17, 15) is 4.79 Å². The Bertz CT molecular complexity index is 1230. The molecule has 1 saturated carbocycles. The SMILES string of the molecule is Cc1onc(OCC(N)c2ccccn2)c1-c1ccn2nc(NC(=O)C3CC3)cc2c1. The largest absolute Gasteiger partial charge is 0.473 e. The summed E-state index contributed by atoms with van der Waals surface area (Å²) in [5.74, 6) is 1.69. The van der Waals surface area contributed by atoms with E-state index >= 15 is 0 Å². The van der Waals surface area contributed by atoms with Gasteiger partial charge in [0, 0.05) is 24.4 Å². The molecular weight excluding hydrogens is 396 g/mol. The quantitative estimate of drug-likeness (QED) is 0.473. The molecule has 0 saturated heterocycles. The van der Waals surface area contributed by atoms with Crippen molar-refractivity contribution in [2.45, 2.75) is 25.8 Å². The molecule has 4 aromatic rings. The Balaban J connectivity index is 1.37. The van der Waals surface area contributed by atoms with Crippen LogP contribution in [-0.2, 0) is 4.79 Å². The van der Waals surface area contributed by atoms with Crippen LogP contribution < -0.4 is 15.8 Å². The monoisotopic (exact) mass is 418 g/mol. The smallest absolute Gasteiger partial charge is 0.262 e. The Kier molecular flexibility index (Phi) is 4.87. The average molecular weight is 418 g/mol. The molecule has 1 unspecified atom stereocenters. The molecule has 0 spiro atoms. The zero-order valence-electron chi connectivity index (χ0n) is 17.0. The zero-order chi connectivity index (χ0) is 21.4. The maximum Gasteiger partial charge on any atom is 0.262 e. The van der Waals surface area contributed by atoms with Gasteiger partial charge in [0.05, 0.1) is 22.8 Å². The van der Waals surface area contributed by atoms with Crippen molar-refractivity contribution in [3.8, 4) is 17.0 Å². The lowest BCUT2D eigenvalue weighted by Gasteiger charge is -2.12. The second-order valence-electron chi connectivity index (χ2n) is 7.67. The highest BCUT2D eigenvalue weighted by Gasteiger charge is 2.30. The van der Waals surface area contributed by atoms with Crippen molar-refractivity contribution in [3.63, 3.8) is 0 Å². The van der Waals surface area contributed by atoms with Gasteiger partial charge in [0.15, 0.2) is 5.82 Å². The molecule has 4 heterocycles. The molecule has 0 radical (unpaired) electrons. The molecule has 1 aliphatic carbocycles. The van der Waals surface area contributed by atoms with E-state index in [4.69, 9.17) is 15.0 Å². The van der Waals surface area contributed by atoms with Crippen LogP contribution in [0, 0.1) is 12.8 Å². The second kappa shape index (κ2) is 7.84. The standard InChI is InChI=1S/C22H22N6O3/c1-13-20(22(27-31-13)30-12-17(23)18-4-2-3-8-24-18)15-7-9-28-16(10-15)11-19(26-28)25-21(29)14-5-6-14/h2-4,7-11,14,17H,5-6,12,23H2,1H3,(H,25,26,29). The van der Waals surface area contributed by atoms with Gasteiger partial charge in [-0.1, -0.05) is 6.07 Å². The molecule has 31 heavy (non-hydrogen) atoms. The summed E-state index contributed by atoms with van der Waals surface area (Å²) in [6.45, 7) is 2.04. The summed E-state index contributed by atoms with van der Waals surface area (Å²) in [7, 11) is 0. The maximum atomic E-state index is 12.0. The fourth-order valence-corrected chi connectivity index (χ4v) is 3.41. The Labute approximate surface area is 178 Å². The number of carbonyl (C=O) groups excluding carboxylic acids is 1. The van der Waals surface area contributed by atoms with E-state index in [1.165, 1.54) is 0 Å². The maximum absolute atomic E-state index is 12.0. The van der Waals surface area contributed by atoms with Gasteiger partial charge in [-0.25, -0.2) is 4.52 Å².